The maximum absolute atomic E-state index is 13.1. The van der Waals surface area contributed by atoms with Gasteiger partial charge in [-0.05, 0) is 45.0 Å². The van der Waals surface area contributed by atoms with E-state index in [1.165, 1.54) is 30.2 Å². The summed E-state index contributed by atoms with van der Waals surface area (Å²) >= 11 is 1.27. The summed E-state index contributed by atoms with van der Waals surface area (Å²) in [4.78, 5) is 20.4. The smallest absolute Gasteiger partial charge is 0.316 e. The van der Waals surface area contributed by atoms with Crippen molar-refractivity contribution in [3.05, 3.63) is 42.6 Å². The number of rotatable bonds is 4. The molecule has 0 amide bonds. The Labute approximate surface area is 148 Å². The van der Waals surface area contributed by atoms with Gasteiger partial charge in [-0.25, -0.2) is 19.0 Å². The normalized spacial score (nSPS) is 11.7. The van der Waals surface area contributed by atoms with Crippen LogP contribution in [0, 0.1) is 5.82 Å². The highest BCUT2D eigenvalue weighted by atomic mass is 32.2. The SMILES string of the molecule is CC(C)(C)OC(=O)CSc1ncnc2c1cnn2-c1ccc(F)cc1. The molecule has 3 aromatic rings. The number of halogens is 1. The van der Waals surface area contributed by atoms with Gasteiger partial charge >= 0.3 is 5.97 Å². The van der Waals surface area contributed by atoms with Gasteiger partial charge in [0.15, 0.2) is 5.65 Å². The molecule has 0 spiro atoms. The molecule has 0 saturated heterocycles. The molecule has 6 nitrogen and oxygen atoms in total. The molecule has 2 aromatic heterocycles. The van der Waals surface area contributed by atoms with Gasteiger partial charge in [0.05, 0.1) is 23.0 Å². The van der Waals surface area contributed by atoms with E-state index in [-0.39, 0.29) is 17.5 Å². The maximum atomic E-state index is 13.1. The molecule has 3 rings (SSSR count). The van der Waals surface area contributed by atoms with Crippen molar-refractivity contribution in [2.24, 2.45) is 0 Å². The monoisotopic (exact) mass is 360 g/mol. The third-order valence-electron chi connectivity index (χ3n) is 3.15. The average molecular weight is 360 g/mol. The molecule has 0 bridgehead atoms. The van der Waals surface area contributed by atoms with E-state index >= 15 is 0 Å². The summed E-state index contributed by atoms with van der Waals surface area (Å²) < 4.78 is 20.0. The zero-order chi connectivity index (χ0) is 18.0. The molecule has 0 unspecified atom stereocenters. The minimum Gasteiger partial charge on any atom is -0.459 e. The Balaban J connectivity index is 1.84. The Kier molecular flexibility index (Phi) is 4.71. The summed E-state index contributed by atoms with van der Waals surface area (Å²) in [5.74, 6) is -0.482. The number of hydrogen-bond acceptors (Lipinski definition) is 6. The van der Waals surface area contributed by atoms with Gasteiger partial charge in [-0.2, -0.15) is 5.10 Å². The van der Waals surface area contributed by atoms with Crippen LogP contribution in [-0.2, 0) is 9.53 Å². The van der Waals surface area contributed by atoms with Crippen molar-refractivity contribution in [2.75, 3.05) is 5.75 Å². The van der Waals surface area contributed by atoms with Gasteiger partial charge in [-0.3, -0.25) is 4.79 Å². The molecular weight excluding hydrogens is 343 g/mol. The van der Waals surface area contributed by atoms with Crippen LogP contribution in [-0.4, -0.2) is 37.1 Å². The first kappa shape index (κ1) is 17.3. The molecular formula is C17H17FN4O2S. The maximum Gasteiger partial charge on any atom is 0.316 e. The number of hydrogen-bond donors (Lipinski definition) is 0. The van der Waals surface area contributed by atoms with Crippen molar-refractivity contribution in [1.29, 1.82) is 0 Å². The van der Waals surface area contributed by atoms with Crippen LogP contribution in [0.15, 0.2) is 41.8 Å². The van der Waals surface area contributed by atoms with Crippen LogP contribution in [0.5, 0.6) is 0 Å². The third kappa shape index (κ3) is 4.14. The first-order chi connectivity index (χ1) is 11.8. The molecule has 1 aromatic carbocycles. The van der Waals surface area contributed by atoms with Crippen molar-refractivity contribution < 1.29 is 13.9 Å². The van der Waals surface area contributed by atoms with Gasteiger partial charge in [0.25, 0.3) is 0 Å². The molecule has 0 saturated carbocycles. The van der Waals surface area contributed by atoms with Gasteiger partial charge < -0.3 is 4.74 Å². The third-order valence-corrected chi connectivity index (χ3v) is 4.13. The second kappa shape index (κ2) is 6.79. The second-order valence-corrected chi connectivity index (χ2v) is 7.29. The number of ether oxygens (including phenoxy) is 1. The van der Waals surface area contributed by atoms with E-state index in [9.17, 15) is 9.18 Å². The zero-order valence-electron chi connectivity index (χ0n) is 14.1. The summed E-state index contributed by atoms with van der Waals surface area (Å²) in [6, 6.07) is 5.97. The quantitative estimate of drug-likeness (QED) is 0.403. The summed E-state index contributed by atoms with van der Waals surface area (Å²) in [6.45, 7) is 5.47. The molecule has 0 aliphatic carbocycles. The number of fused-ring (bicyclic) bond motifs is 1. The number of carbonyl (C=O) groups is 1. The molecule has 0 fully saturated rings. The fourth-order valence-corrected chi connectivity index (χ4v) is 2.94. The molecule has 0 N–H and O–H groups in total. The number of benzene rings is 1. The predicted molar refractivity (Wildman–Crippen MR) is 93.2 cm³/mol. The van der Waals surface area contributed by atoms with Crippen molar-refractivity contribution in [2.45, 2.75) is 31.4 Å². The predicted octanol–water partition coefficient (Wildman–Crippen LogP) is 3.39. The van der Waals surface area contributed by atoms with Crippen LogP contribution in [0.4, 0.5) is 4.39 Å². The molecule has 2 heterocycles. The Hall–Kier alpha value is -2.48. The van der Waals surface area contributed by atoms with Gasteiger partial charge in [0, 0.05) is 0 Å². The summed E-state index contributed by atoms with van der Waals surface area (Å²) in [7, 11) is 0. The number of esters is 1. The molecule has 130 valence electrons. The van der Waals surface area contributed by atoms with E-state index in [0.29, 0.717) is 16.4 Å². The highest BCUT2D eigenvalue weighted by Crippen LogP contribution is 2.26. The van der Waals surface area contributed by atoms with Crippen molar-refractivity contribution in [1.82, 2.24) is 19.7 Å². The van der Waals surface area contributed by atoms with Crippen molar-refractivity contribution >= 4 is 28.8 Å². The van der Waals surface area contributed by atoms with Gasteiger partial charge in [-0.1, -0.05) is 11.8 Å². The van der Waals surface area contributed by atoms with E-state index in [2.05, 4.69) is 15.1 Å². The van der Waals surface area contributed by atoms with E-state index < -0.39 is 5.60 Å². The van der Waals surface area contributed by atoms with E-state index in [1.54, 1.807) is 23.0 Å². The summed E-state index contributed by atoms with van der Waals surface area (Å²) in [5, 5.41) is 5.67. The highest BCUT2D eigenvalue weighted by Gasteiger charge is 2.18. The van der Waals surface area contributed by atoms with Gasteiger partial charge in [0.2, 0.25) is 0 Å². The average Bonchev–Trinajstić information content (AvgIpc) is 2.96. The lowest BCUT2D eigenvalue weighted by atomic mass is 10.2. The molecule has 25 heavy (non-hydrogen) atoms. The largest absolute Gasteiger partial charge is 0.459 e. The molecule has 0 radical (unpaired) electrons. The lowest BCUT2D eigenvalue weighted by Crippen LogP contribution is -2.24. The van der Waals surface area contributed by atoms with Crippen LogP contribution < -0.4 is 0 Å². The number of thioether (sulfide) groups is 1. The first-order valence-corrected chi connectivity index (χ1v) is 8.61. The Morgan fingerprint density at radius 2 is 1.96 bits per heavy atom. The van der Waals surface area contributed by atoms with Crippen LogP contribution in [0.2, 0.25) is 0 Å². The summed E-state index contributed by atoms with van der Waals surface area (Å²) in [5.41, 5.74) is 0.762. The summed E-state index contributed by atoms with van der Waals surface area (Å²) in [6.07, 6.45) is 3.05. The van der Waals surface area contributed by atoms with Crippen molar-refractivity contribution in [3.8, 4) is 5.69 Å². The van der Waals surface area contributed by atoms with Gasteiger partial charge in [0.1, 0.15) is 22.8 Å². The van der Waals surface area contributed by atoms with Crippen molar-refractivity contribution in [3.63, 3.8) is 0 Å². The minimum absolute atomic E-state index is 0.144. The van der Waals surface area contributed by atoms with E-state index in [4.69, 9.17) is 4.74 Å². The van der Waals surface area contributed by atoms with Crippen LogP contribution in [0.1, 0.15) is 20.8 Å². The minimum atomic E-state index is -0.522. The van der Waals surface area contributed by atoms with Crippen LogP contribution in [0.25, 0.3) is 16.7 Å². The van der Waals surface area contributed by atoms with E-state index in [0.717, 1.165) is 5.39 Å². The molecule has 8 heteroatoms. The Morgan fingerprint density at radius 1 is 1.24 bits per heavy atom. The molecule has 0 atom stereocenters. The topological polar surface area (TPSA) is 69.9 Å². The van der Waals surface area contributed by atoms with Crippen LogP contribution in [0.3, 0.4) is 0 Å². The zero-order valence-corrected chi connectivity index (χ0v) is 14.9. The fourth-order valence-electron chi connectivity index (χ4n) is 2.21. The molecule has 0 aliphatic heterocycles. The van der Waals surface area contributed by atoms with Gasteiger partial charge in [-0.15, -0.1) is 0 Å². The number of aromatic nitrogens is 4. The highest BCUT2D eigenvalue weighted by molar-refractivity contribution is 8.00. The fraction of sp³-hybridized carbons (Fsp3) is 0.294. The standard InChI is InChI=1S/C17H17FN4O2S/c1-17(2,3)24-14(23)9-25-16-13-8-21-22(15(13)19-10-20-16)12-6-4-11(18)5-7-12/h4-8,10H,9H2,1-3H3. The lowest BCUT2D eigenvalue weighted by molar-refractivity contribution is -0.151. The van der Waals surface area contributed by atoms with Crippen LogP contribution >= 0.6 is 11.8 Å². The second-order valence-electron chi connectivity index (χ2n) is 6.32. The van der Waals surface area contributed by atoms with E-state index in [1.807, 2.05) is 20.8 Å². The number of nitrogens with zero attached hydrogens (tertiary/aromatic N) is 4. The number of carbonyl (C=O) groups excluding carboxylic acids is 1. The Bertz CT molecular complexity index is 903. The Morgan fingerprint density at radius 3 is 2.64 bits per heavy atom. The lowest BCUT2D eigenvalue weighted by Gasteiger charge is -2.19. The molecule has 0 aliphatic rings. The first-order valence-electron chi connectivity index (χ1n) is 7.63.